The Balaban J connectivity index is 1.54. The van der Waals surface area contributed by atoms with Crippen LogP contribution in [0, 0.1) is 28.1 Å². The highest BCUT2D eigenvalue weighted by molar-refractivity contribution is 5.93. The highest BCUT2D eigenvalue weighted by atomic mass is 16.7. The Kier molecular flexibility index (Phi) is 4.47. The van der Waals surface area contributed by atoms with Gasteiger partial charge < -0.3 is 28.8 Å². The Morgan fingerprint density at radius 2 is 1.86 bits per heavy atom. The van der Waals surface area contributed by atoms with Crippen LogP contribution in [0.5, 0.6) is 0 Å². The molecule has 2 spiro atoms. The Morgan fingerprint density at radius 3 is 2.49 bits per heavy atom. The van der Waals surface area contributed by atoms with Crippen LogP contribution in [0.4, 0.5) is 0 Å². The number of aliphatic hydroxyl groups excluding tert-OH is 1. The first-order chi connectivity index (χ1) is 16.3. The fourth-order valence-corrected chi connectivity index (χ4v) is 8.78. The quantitative estimate of drug-likeness (QED) is 0.474. The van der Waals surface area contributed by atoms with Gasteiger partial charge in [0, 0.05) is 28.7 Å². The van der Waals surface area contributed by atoms with Crippen LogP contribution in [0.2, 0.25) is 0 Å². The fraction of sp³-hybridized carbons (Fsp3) is 0.731. The van der Waals surface area contributed by atoms with Crippen molar-refractivity contribution in [1.29, 1.82) is 0 Å². The van der Waals surface area contributed by atoms with E-state index in [0.717, 1.165) is 0 Å². The Morgan fingerprint density at radius 1 is 1.11 bits per heavy atom. The third-order valence-electron chi connectivity index (χ3n) is 10.3. The SMILES string of the molecule is CC(C)(O)[C@@H]1CC(=O)[C@]2(C)[C@H](CC[C@@]3(C)[C@H](c4ccoc4)OC(=O)[C@H]4O[C@]432)[C@@]12COC(=O)C[C@@H]2O. The maximum absolute atomic E-state index is 14.2. The number of carbonyl (C=O) groups is 3. The summed E-state index contributed by atoms with van der Waals surface area (Å²) in [6.07, 6.45) is 1.23. The van der Waals surface area contributed by atoms with E-state index in [0.29, 0.717) is 18.4 Å². The van der Waals surface area contributed by atoms with E-state index in [1.54, 1.807) is 26.2 Å². The molecule has 0 bridgehead atoms. The van der Waals surface area contributed by atoms with Crippen LogP contribution in [0.15, 0.2) is 23.0 Å². The number of fused-ring (bicyclic) bond motifs is 2. The highest BCUT2D eigenvalue weighted by Gasteiger charge is 2.89. The Bertz CT molecular complexity index is 1100. The maximum Gasteiger partial charge on any atom is 0.339 e. The first-order valence-corrected chi connectivity index (χ1v) is 12.3. The van der Waals surface area contributed by atoms with Gasteiger partial charge in [-0.3, -0.25) is 9.59 Å². The molecule has 9 atom stereocenters. The number of rotatable bonds is 2. The summed E-state index contributed by atoms with van der Waals surface area (Å²) in [5, 5.41) is 22.7. The summed E-state index contributed by atoms with van der Waals surface area (Å²) < 4.78 is 23.0. The predicted octanol–water partition coefficient (Wildman–Crippen LogP) is 2.09. The van der Waals surface area contributed by atoms with Crippen molar-refractivity contribution in [1.82, 2.24) is 0 Å². The van der Waals surface area contributed by atoms with E-state index in [9.17, 15) is 24.6 Å². The summed E-state index contributed by atoms with van der Waals surface area (Å²) in [6, 6.07) is 1.76. The van der Waals surface area contributed by atoms with E-state index in [-0.39, 0.29) is 25.2 Å². The number of esters is 2. The zero-order valence-corrected chi connectivity index (χ0v) is 20.4. The van der Waals surface area contributed by atoms with Crippen LogP contribution in [-0.2, 0) is 28.6 Å². The summed E-state index contributed by atoms with van der Waals surface area (Å²) in [4.78, 5) is 39.4. The summed E-state index contributed by atoms with van der Waals surface area (Å²) >= 11 is 0. The molecule has 9 nitrogen and oxygen atoms in total. The third kappa shape index (κ3) is 2.52. The van der Waals surface area contributed by atoms with Crippen molar-refractivity contribution in [2.45, 2.75) is 82.9 Å². The first kappa shape index (κ1) is 23.2. The van der Waals surface area contributed by atoms with E-state index >= 15 is 0 Å². The highest BCUT2D eigenvalue weighted by Crippen LogP contribution is 2.78. The van der Waals surface area contributed by atoms with Crippen LogP contribution < -0.4 is 0 Å². The van der Waals surface area contributed by atoms with E-state index < -0.39 is 69.5 Å². The first-order valence-electron chi connectivity index (χ1n) is 12.3. The van der Waals surface area contributed by atoms with Crippen LogP contribution in [0.1, 0.15) is 65.0 Å². The number of hydrogen-bond acceptors (Lipinski definition) is 9. The molecule has 5 fully saturated rings. The minimum atomic E-state index is -1.31. The Hall–Kier alpha value is -2.23. The predicted molar refractivity (Wildman–Crippen MR) is 118 cm³/mol. The summed E-state index contributed by atoms with van der Waals surface area (Å²) in [5.74, 6) is -2.25. The molecule has 4 heterocycles. The van der Waals surface area contributed by atoms with Crippen molar-refractivity contribution in [3.8, 4) is 0 Å². The second kappa shape index (κ2) is 6.75. The topological polar surface area (TPSA) is 136 Å². The molecule has 3 saturated heterocycles. The van der Waals surface area contributed by atoms with Crippen molar-refractivity contribution in [2.75, 3.05) is 6.61 Å². The van der Waals surface area contributed by atoms with Gasteiger partial charge in [-0.05, 0) is 45.6 Å². The second-order valence-electron chi connectivity index (χ2n) is 12.1. The van der Waals surface area contributed by atoms with Crippen LogP contribution >= 0.6 is 0 Å². The summed E-state index contributed by atoms with van der Waals surface area (Å²) in [6.45, 7) is 7.01. The monoisotopic (exact) mass is 488 g/mol. The van der Waals surface area contributed by atoms with Gasteiger partial charge in [-0.15, -0.1) is 0 Å². The van der Waals surface area contributed by atoms with Crippen molar-refractivity contribution >= 4 is 17.7 Å². The minimum Gasteiger partial charge on any atom is -0.472 e. The zero-order chi connectivity index (χ0) is 25.2. The molecule has 190 valence electrons. The molecule has 9 heteroatoms. The fourth-order valence-electron chi connectivity index (χ4n) is 8.78. The normalized spacial score (nSPS) is 49.0. The number of aliphatic hydroxyl groups is 2. The molecule has 0 radical (unpaired) electrons. The lowest BCUT2D eigenvalue weighted by molar-refractivity contribution is -0.259. The molecule has 0 amide bonds. The lowest BCUT2D eigenvalue weighted by Gasteiger charge is -2.67. The number of Topliss-reactive ketones (excluding diaryl/α,β-unsaturated/α-hetero) is 1. The van der Waals surface area contributed by atoms with Crippen molar-refractivity contribution < 1.29 is 43.2 Å². The van der Waals surface area contributed by atoms with Crippen molar-refractivity contribution in [3.05, 3.63) is 24.2 Å². The molecule has 0 aromatic carbocycles. The molecule has 6 rings (SSSR count). The number of carbonyl (C=O) groups excluding carboxylic acids is 3. The number of ether oxygens (including phenoxy) is 3. The average Bonchev–Trinajstić information content (AvgIpc) is 3.34. The smallest absolute Gasteiger partial charge is 0.339 e. The lowest BCUT2D eigenvalue weighted by atomic mass is 9.36. The molecule has 2 N–H and O–H groups in total. The average molecular weight is 489 g/mol. The molecule has 0 unspecified atom stereocenters. The molecule has 2 aliphatic carbocycles. The van der Waals surface area contributed by atoms with Gasteiger partial charge in [-0.25, -0.2) is 4.79 Å². The van der Waals surface area contributed by atoms with Gasteiger partial charge >= 0.3 is 11.9 Å². The number of hydrogen-bond donors (Lipinski definition) is 2. The van der Waals surface area contributed by atoms with Crippen molar-refractivity contribution in [3.63, 3.8) is 0 Å². The molecule has 1 aromatic rings. The minimum absolute atomic E-state index is 0.0234. The van der Waals surface area contributed by atoms with Gasteiger partial charge in [0.25, 0.3) is 0 Å². The molecule has 2 saturated carbocycles. The van der Waals surface area contributed by atoms with Gasteiger partial charge in [0.05, 0.1) is 36.1 Å². The van der Waals surface area contributed by atoms with Crippen LogP contribution in [0.3, 0.4) is 0 Å². The van der Waals surface area contributed by atoms with Gasteiger partial charge in [0.2, 0.25) is 0 Å². The second-order valence-corrected chi connectivity index (χ2v) is 12.1. The van der Waals surface area contributed by atoms with E-state index in [1.165, 1.54) is 6.26 Å². The standard InChI is InChI=1S/C26H32O9/c1-22(2,31)15-9-16(27)24(4)14(25(15)12-33-18(29)10-17(25)28)5-7-23(3)19(13-6-8-32-11-13)34-21(30)20-26(23,24)35-20/h6,8,11,14-15,17,19-20,28,31H,5,7,9-10,12H2,1-4H3/t14-,15-,17-,19-,20+,23-,24-,25-,26+/m0/s1. The van der Waals surface area contributed by atoms with Crippen molar-refractivity contribution in [2.24, 2.45) is 28.1 Å². The number of furan rings is 1. The molecular weight excluding hydrogens is 456 g/mol. The Labute approximate surface area is 203 Å². The molecular formula is C26H32O9. The largest absolute Gasteiger partial charge is 0.472 e. The van der Waals surface area contributed by atoms with Crippen LogP contribution in [-0.4, -0.2) is 58.0 Å². The molecule has 35 heavy (non-hydrogen) atoms. The van der Waals surface area contributed by atoms with E-state index in [4.69, 9.17) is 18.6 Å². The van der Waals surface area contributed by atoms with Gasteiger partial charge in [0.15, 0.2) is 6.10 Å². The van der Waals surface area contributed by atoms with Crippen LogP contribution in [0.25, 0.3) is 0 Å². The summed E-state index contributed by atoms with van der Waals surface area (Å²) in [7, 11) is 0. The number of cyclic esters (lactones) is 2. The van der Waals surface area contributed by atoms with E-state index in [1.807, 2.05) is 13.8 Å². The number of ketones is 1. The summed E-state index contributed by atoms with van der Waals surface area (Å²) in [5.41, 5.74) is -4.71. The van der Waals surface area contributed by atoms with E-state index in [2.05, 4.69) is 0 Å². The maximum atomic E-state index is 14.2. The van der Waals surface area contributed by atoms with Gasteiger partial charge in [-0.2, -0.15) is 0 Å². The molecule has 1 aromatic heterocycles. The van der Waals surface area contributed by atoms with Gasteiger partial charge in [-0.1, -0.05) is 6.92 Å². The van der Waals surface area contributed by atoms with Gasteiger partial charge in [0.1, 0.15) is 24.1 Å². The number of epoxide rings is 1. The lowest BCUT2D eigenvalue weighted by Crippen LogP contribution is -2.75. The molecule has 5 aliphatic rings. The molecule has 3 aliphatic heterocycles. The zero-order valence-electron chi connectivity index (χ0n) is 20.4. The third-order valence-corrected chi connectivity index (χ3v) is 10.3.